The molecule has 0 spiro atoms. The Labute approximate surface area is 102 Å². The number of nitrogens with zero attached hydrogens (tertiary/aromatic N) is 3. The van der Waals surface area contributed by atoms with Crippen LogP contribution in [0.1, 0.15) is 16.6 Å². The molecule has 1 aliphatic rings. The second kappa shape index (κ2) is 4.25. The summed E-state index contributed by atoms with van der Waals surface area (Å²) in [7, 11) is 0. The van der Waals surface area contributed by atoms with Crippen LogP contribution in [0.2, 0.25) is 5.28 Å². The number of nitrogens with one attached hydrogen (secondary N) is 1. The maximum absolute atomic E-state index is 11.9. The molecule has 1 unspecified atom stereocenters. The van der Waals surface area contributed by atoms with Crippen molar-refractivity contribution in [3.8, 4) is 0 Å². The molecule has 1 atom stereocenters. The molecule has 6 heteroatoms. The van der Waals surface area contributed by atoms with Crippen LogP contribution < -0.4 is 10.2 Å². The van der Waals surface area contributed by atoms with Crippen molar-refractivity contribution in [2.24, 2.45) is 5.92 Å². The number of anilines is 1. The monoisotopic (exact) mass is 242 g/mol. The summed E-state index contributed by atoms with van der Waals surface area (Å²) in [6.07, 6.45) is 1.43. The summed E-state index contributed by atoms with van der Waals surface area (Å²) in [4.78, 5) is 20.9. The Hall–Kier alpha value is -1.36. The molecule has 1 aliphatic heterocycles. The van der Waals surface area contributed by atoms with Crippen molar-refractivity contribution in [3.05, 3.63) is 17.5 Å². The summed E-state index contributed by atoms with van der Waals surface area (Å²) in [6, 6.07) is 0.367. The fourth-order valence-electron chi connectivity index (χ4n) is 1.56. The summed E-state index contributed by atoms with van der Waals surface area (Å²) in [5.74, 6) is 0.222. The van der Waals surface area contributed by atoms with Gasteiger partial charge in [0.25, 0.3) is 0 Å². The minimum absolute atomic E-state index is 0.0234. The van der Waals surface area contributed by atoms with Gasteiger partial charge in [-0.1, -0.05) is 13.8 Å². The van der Waals surface area contributed by atoms with Crippen LogP contribution in [0.25, 0.3) is 0 Å². The van der Waals surface area contributed by atoms with E-state index in [2.05, 4.69) is 15.3 Å². The lowest BCUT2D eigenvalue weighted by Crippen LogP contribution is -2.38. The number of hydrogen-bond acceptors (Lipinski definition) is 3. The number of rotatable bonds is 2. The fraction of sp³-hybridized carbons (Fsp3) is 0.500. The van der Waals surface area contributed by atoms with Crippen LogP contribution in [0.3, 0.4) is 0 Å². The smallest absolute Gasteiger partial charge is 0.323 e. The van der Waals surface area contributed by atoms with Gasteiger partial charge in [-0.15, -0.1) is 0 Å². The van der Waals surface area contributed by atoms with E-state index >= 15 is 0 Å². The van der Waals surface area contributed by atoms with Gasteiger partial charge in [-0.3, -0.25) is 4.90 Å². The lowest BCUT2D eigenvalue weighted by atomic mass is 10.0. The first kappa shape index (κ1) is 8.75. The van der Waals surface area contributed by atoms with Crippen molar-refractivity contribution < 1.29 is 7.54 Å². The van der Waals surface area contributed by atoms with Crippen LogP contribution in [0.5, 0.6) is 0 Å². The highest BCUT2D eigenvalue weighted by molar-refractivity contribution is 6.28. The summed E-state index contributed by atoms with van der Waals surface area (Å²) in [6.45, 7) is 1.89. The van der Waals surface area contributed by atoms with Crippen LogP contribution >= 0.6 is 11.6 Å². The van der Waals surface area contributed by atoms with Crippen molar-refractivity contribution in [1.29, 1.82) is 0 Å². The number of amides is 2. The maximum Gasteiger partial charge on any atom is 0.323 e. The quantitative estimate of drug-likeness (QED) is 0.803. The Balaban J connectivity index is 2.45. The van der Waals surface area contributed by atoms with Gasteiger partial charge in [0.2, 0.25) is 5.28 Å². The number of halogens is 1. The van der Waals surface area contributed by atoms with Crippen LogP contribution in [0, 0.1) is 5.92 Å². The number of urea groups is 1. The van der Waals surface area contributed by atoms with Crippen molar-refractivity contribution >= 4 is 23.4 Å². The van der Waals surface area contributed by atoms with Crippen LogP contribution in [0.4, 0.5) is 10.6 Å². The van der Waals surface area contributed by atoms with E-state index in [0.717, 1.165) is 0 Å². The molecule has 2 rings (SSSR count). The third-order valence-corrected chi connectivity index (χ3v) is 2.50. The van der Waals surface area contributed by atoms with Gasteiger partial charge < -0.3 is 5.32 Å². The highest BCUT2D eigenvalue weighted by Crippen LogP contribution is 2.22. The predicted octanol–water partition coefficient (Wildman–Crippen LogP) is 1.68. The molecule has 86 valence electrons. The average Bonchev–Trinajstić information content (AvgIpc) is 2.47. The molecule has 2 amide bonds. The molecule has 1 aromatic rings. The zero-order valence-electron chi connectivity index (χ0n) is 10.9. The van der Waals surface area contributed by atoms with E-state index in [1.54, 1.807) is 0 Å². The molecule has 0 saturated carbocycles. The molecule has 5 nitrogen and oxygen atoms in total. The minimum atomic E-state index is -1.80. The topological polar surface area (TPSA) is 58.1 Å². The number of aromatic nitrogens is 2. The lowest BCUT2D eigenvalue weighted by molar-refractivity contribution is 0.251. The highest BCUT2D eigenvalue weighted by atomic mass is 35.5. The first-order chi connectivity index (χ1) is 8.33. The highest BCUT2D eigenvalue weighted by Gasteiger charge is 2.34. The third-order valence-electron chi connectivity index (χ3n) is 2.31. The zero-order chi connectivity index (χ0) is 13.5. The van der Waals surface area contributed by atoms with Gasteiger partial charge >= 0.3 is 6.03 Å². The van der Waals surface area contributed by atoms with Crippen LogP contribution in [-0.2, 0) is 0 Å². The molecule has 1 fully saturated rings. The summed E-state index contributed by atoms with van der Waals surface area (Å²) < 4.78 is 15.7. The summed E-state index contributed by atoms with van der Waals surface area (Å²) in [5, 5.41) is 2.33. The molecule has 0 radical (unpaired) electrons. The molecule has 2 heterocycles. The van der Waals surface area contributed by atoms with Gasteiger partial charge in [0.15, 0.2) is 0 Å². The Kier molecular flexibility index (Phi) is 2.33. The van der Waals surface area contributed by atoms with Crippen molar-refractivity contribution in [3.63, 3.8) is 0 Å². The first-order valence-electron chi connectivity index (χ1n) is 5.93. The predicted molar refractivity (Wildman–Crippen MR) is 61.5 cm³/mol. The molecule has 1 N–H and O–H groups in total. The fourth-order valence-corrected chi connectivity index (χ4v) is 1.70. The number of carbonyl (C=O) groups is 1. The van der Waals surface area contributed by atoms with E-state index in [1.165, 1.54) is 17.2 Å². The third kappa shape index (κ3) is 1.95. The Morgan fingerprint density at radius 2 is 2.50 bits per heavy atom. The molecular formula is C10H13ClN4O. The van der Waals surface area contributed by atoms with Crippen LogP contribution in [-0.4, -0.2) is 28.5 Å². The lowest BCUT2D eigenvalue weighted by Gasteiger charge is -2.24. The Morgan fingerprint density at radius 1 is 1.75 bits per heavy atom. The number of carbonyl (C=O) groups excluding carboxylic acids is 1. The van der Waals surface area contributed by atoms with Gasteiger partial charge in [-0.25, -0.2) is 14.8 Å². The standard InChI is InChI=1S/C10H13ClN4O/c1-6(2)7-5-13-10(16)15(7)8-3-4-12-9(11)14-8/h3-4,6-7H,5H2,1-2H3,(H,13,16)/i5D2. The first-order valence-corrected chi connectivity index (χ1v) is 5.30. The summed E-state index contributed by atoms with van der Waals surface area (Å²) >= 11 is 5.70. The van der Waals surface area contributed by atoms with E-state index in [-0.39, 0.29) is 11.2 Å². The molecule has 1 saturated heterocycles. The second-order valence-corrected chi connectivity index (χ2v) is 4.16. The van der Waals surface area contributed by atoms with E-state index in [4.69, 9.17) is 14.3 Å². The van der Waals surface area contributed by atoms with E-state index in [9.17, 15) is 4.79 Å². The maximum atomic E-state index is 11.9. The van der Waals surface area contributed by atoms with Gasteiger partial charge in [-0.05, 0) is 23.6 Å². The SMILES string of the molecule is [2H]C1([2H])NC(=O)N(c2ccnc(Cl)n2)C1C(C)C. The molecule has 1 aromatic heterocycles. The molecular weight excluding hydrogens is 228 g/mol. The van der Waals surface area contributed by atoms with Crippen molar-refractivity contribution in [2.45, 2.75) is 19.9 Å². The van der Waals surface area contributed by atoms with Gasteiger partial charge in [0.1, 0.15) is 5.82 Å². The zero-order valence-corrected chi connectivity index (χ0v) is 9.69. The van der Waals surface area contributed by atoms with Crippen molar-refractivity contribution in [2.75, 3.05) is 11.4 Å². The van der Waals surface area contributed by atoms with Gasteiger partial charge in [-0.2, -0.15) is 0 Å². The van der Waals surface area contributed by atoms with Gasteiger partial charge in [0, 0.05) is 12.7 Å². The number of hydrogen-bond donors (Lipinski definition) is 1. The largest absolute Gasteiger partial charge is 0.336 e. The molecule has 0 bridgehead atoms. The Bertz CT molecular complexity index is 483. The van der Waals surface area contributed by atoms with Crippen molar-refractivity contribution in [1.82, 2.24) is 15.3 Å². The molecule has 0 aliphatic carbocycles. The van der Waals surface area contributed by atoms with Crippen LogP contribution in [0.15, 0.2) is 12.3 Å². The molecule has 0 aromatic carbocycles. The van der Waals surface area contributed by atoms with E-state index in [1.807, 2.05) is 13.8 Å². The average molecular weight is 243 g/mol. The second-order valence-electron chi connectivity index (χ2n) is 3.82. The minimum Gasteiger partial charge on any atom is -0.336 e. The van der Waals surface area contributed by atoms with E-state index in [0.29, 0.717) is 5.82 Å². The van der Waals surface area contributed by atoms with E-state index < -0.39 is 18.6 Å². The Morgan fingerprint density at radius 3 is 3.12 bits per heavy atom. The summed E-state index contributed by atoms with van der Waals surface area (Å²) in [5.41, 5.74) is 0. The van der Waals surface area contributed by atoms with Gasteiger partial charge in [0.05, 0.1) is 8.78 Å². The normalized spacial score (nSPS) is 25.4. The molecule has 16 heavy (non-hydrogen) atoms.